The summed E-state index contributed by atoms with van der Waals surface area (Å²) in [7, 11) is 0. The minimum Gasteiger partial charge on any atom is -0.492 e. The normalized spacial score (nSPS) is 10.9. The molecular formula is C26H28N4O2. The molecule has 1 N–H and O–H groups in total. The van der Waals surface area contributed by atoms with Gasteiger partial charge in [-0.15, -0.1) is 0 Å². The van der Waals surface area contributed by atoms with Crippen LogP contribution in [0.3, 0.4) is 0 Å². The Bertz CT molecular complexity index is 1180. The third-order valence-electron chi connectivity index (χ3n) is 5.32. The minimum absolute atomic E-state index is 0.0808. The monoisotopic (exact) mass is 428 g/mol. The molecule has 2 heterocycles. The van der Waals surface area contributed by atoms with E-state index in [1.807, 2.05) is 18.2 Å². The van der Waals surface area contributed by atoms with Crippen LogP contribution in [0.4, 0.5) is 0 Å². The first-order chi connectivity index (χ1) is 15.6. The Morgan fingerprint density at radius 3 is 2.56 bits per heavy atom. The highest BCUT2D eigenvalue weighted by molar-refractivity contribution is 5.93. The van der Waals surface area contributed by atoms with E-state index in [4.69, 9.17) is 9.72 Å². The largest absolute Gasteiger partial charge is 0.492 e. The Labute approximate surface area is 188 Å². The number of hydrogen-bond acceptors (Lipinski definition) is 4. The quantitative estimate of drug-likeness (QED) is 0.399. The number of ether oxygens (including phenoxy) is 1. The molecule has 0 unspecified atom stereocenters. The number of pyridine rings is 1. The number of aryl methyl sites for hydroxylation is 3. The highest BCUT2D eigenvalue weighted by Crippen LogP contribution is 2.19. The average Bonchev–Trinajstić information content (AvgIpc) is 3.14. The van der Waals surface area contributed by atoms with Gasteiger partial charge in [-0.2, -0.15) is 0 Å². The van der Waals surface area contributed by atoms with Crippen LogP contribution >= 0.6 is 0 Å². The van der Waals surface area contributed by atoms with E-state index in [9.17, 15) is 4.79 Å². The number of amides is 1. The Morgan fingerprint density at radius 2 is 1.78 bits per heavy atom. The molecule has 0 saturated carbocycles. The second kappa shape index (κ2) is 10.1. The van der Waals surface area contributed by atoms with Gasteiger partial charge in [-0.05, 0) is 67.8 Å². The molecule has 0 aliphatic carbocycles. The Balaban J connectivity index is 1.38. The standard InChI is InChI=1S/C26H28N4O2/c1-19-16-20(2)18-22(17-19)32-15-14-30-24-7-4-3-6-23(24)29-25(30)8-5-11-28-26(31)21-9-12-27-13-10-21/h3-4,6-7,9-10,12-13,16-18H,5,8,11,14-15H2,1-2H3,(H,28,31). The highest BCUT2D eigenvalue weighted by atomic mass is 16.5. The number of benzene rings is 2. The van der Waals surface area contributed by atoms with Gasteiger partial charge in [0.1, 0.15) is 18.2 Å². The molecule has 2 aromatic carbocycles. The number of imidazole rings is 1. The topological polar surface area (TPSA) is 69.0 Å². The van der Waals surface area contributed by atoms with Crippen LogP contribution in [0.25, 0.3) is 11.0 Å². The van der Waals surface area contributed by atoms with Crippen molar-refractivity contribution in [1.29, 1.82) is 0 Å². The number of aromatic nitrogens is 3. The molecule has 1 amide bonds. The van der Waals surface area contributed by atoms with Gasteiger partial charge in [0, 0.05) is 30.9 Å². The first kappa shape index (κ1) is 21.6. The lowest BCUT2D eigenvalue weighted by molar-refractivity contribution is 0.0953. The fourth-order valence-corrected chi connectivity index (χ4v) is 3.89. The molecule has 0 bridgehead atoms. The lowest BCUT2D eigenvalue weighted by Gasteiger charge is -2.12. The number of nitrogens with zero attached hydrogens (tertiary/aromatic N) is 3. The lowest BCUT2D eigenvalue weighted by atomic mass is 10.1. The first-order valence-electron chi connectivity index (χ1n) is 10.9. The molecule has 2 aromatic heterocycles. The fraction of sp³-hybridized carbons (Fsp3) is 0.269. The smallest absolute Gasteiger partial charge is 0.251 e. The zero-order chi connectivity index (χ0) is 22.3. The van der Waals surface area contributed by atoms with Crippen LogP contribution < -0.4 is 10.1 Å². The maximum absolute atomic E-state index is 12.2. The summed E-state index contributed by atoms with van der Waals surface area (Å²) in [6.45, 7) is 6.02. The summed E-state index contributed by atoms with van der Waals surface area (Å²) in [5, 5.41) is 2.97. The molecule has 0 aliphatic rings. The van der Waals surface area contributed by atoms with Gasteiger partial charge >= 0.3 is 0 Å². The van der Waals surface area contributed by atoms with E-state index < -0.39 is 0 Å². The summed E-state index contributed by atoms with van der Waals surface area (Å²) in [5.74, 6) is 1.82. The van der Waals surface area contributed by atoms with Gasteiger partial charge in [-0.3, -0.25) is 9.78 Å². The minimum atomic E-state index is -0.0808. The van der Waals surface area contributed by atoms with E-state index in [1.165, 1.54) is 11.1 Å². The van der Waals surface area contributed by atoms with E-state index in [2.05, 4.69) is 53.0 Å². The van der Waals surface area contributed by atoms with Crippen molar-refractivity contribution >= 4 is 16.9 Å². The molecule has 4 rings (SSSR count). The summed E-state index contributed by atoms with van der Waals surface area (Å²) in [5.41, 5.74) is 5.10. The van der Waals surface area contributed by atoms with Crippen molar-refractivity contribution in [2.24, 2.45) is 0 Å². The van der Waals surface area contributed by atoms with Gasteiger partial charge in [0.2, 0.25) is 0 Å². The average molecular weight is 429 g/mol. The summed E-state index contributed by atoms with van der Waals surface area (Å²) in [6, 6.07) is 17.8. The van der Waals surface area contributed by atoms with Crippen molar-refractivity contribution in [3.63, 3.8) is 0 Å². The van der Waals surface area contributed by atoms with Gasteiger partial charge in [0.05, 0.1) is 17.6 Å². The number of fused-ring (bicyclic) bond motifs is 1. The SMILES string of the molecule is Cc1cc(C)cc(OCCn2c(CCCNC(=O)c3ccncc3)nc3ccccc32)c1. The van der Waals surface area contributed by atoms with Crippen molar-refractivity contribution in [3.8, 4) is 5.75 Å². The molecule has 6 nitrogen and oxygen atoms in total. The number of carbonyl (C=O) groups excluding carboxylic acids is 1. The Hall–Kier alpha value is -3.67. The van der Waals surface area contributed by atoms with Gasteiger partial charge in [-0.1, -0.05) is 18.2 Å². The number of nitrogens with one attached hydrogen (secondary N) is 1. The van der Waals surface area contributed by atoms with Gasteiger partial charge < -0.3 is 14.6 Å². The van der Waals surface area contributed by atoms with Crippen LogP contribution in [0.5, 0.6) is 5.75 Å². The van der Waals surface area contributed by atoms with E-state index >= 15 is 0 Å². The maximum Gasteiger partial charge on any atom is 0.251 e. The van der Waals surface area contributed by atoms with E-state index in [0.717, 1.165) is 35.4 Å². The van der Waals surface area contributed by atoms with Crippen molar-refractivity contribution in [2.75, 3.05) is 13.2 Å². The van der Waals surface area contributed by atoms with Crippen LogP contribution in [0.2, 0.25) is 0 Å². The zero-order valence-corrected chi connectivity index (χ0v) is 18.5. The molecule has 0 aliphatic heterocycles. The summed E-state index contributed by atoms with van der Waals surface area (Å²) in [6.07, 6.45) is 4.82. The zero-order valence-electron chi connectivity index (χ0n) is 18.5. The van der Waals surface area contributed by atoms with Crippen molar-refractivity contribution in [2.45, 2.75) is 33.2 Å². The Morgan fingerprint density at radius 1 is 1.03 bits per heavy atom. The molecule has 32 heavy (non-hydrogen) atoms. The number of hydrogen-bond donors (Lipinski definition) is 1. The maximum atomic E-state index is 12.2. The number of carbonyl (C=O) groups is 1. The van der Waals surface area contributed by atoms with Crippen LogP contribution in [-0.4, -0.2) is 33.6 Å². The van der Waals surface area contributed by atoms with Crippen LogP contribution in [0.15, 0.2) is 67.0 Å². The highest BCUT2D eigenvalue weighted by Gasteiger charge is 2.11. The van der Waals surface area contributed by atoms with Gasteiger partial charge in [0.25, 0.3) is 5.91 Å². The molecule has 0 spiro atoms. The molecule has 6 heteroatoms. The van der Waals surface area contributed by atoms with E-state index in [1.54, 1.807) is 24.5 Å². The second-order valence-corrected chi connectivity index (χ2v) is 7.94. The van der Waals surface area contributed by atoms with Crippen LogP contribution in [0, 0.1) is 13.8 Å². The van der Waals surface area contributed by atoms with Crippen LogP contribution in [-0.2, 0) is 13.0 Å². The Kier molecular flexibility index (Phi) is 6.80. The van der Waals surface area contributed by atoms with Gasteiger partial charge in [0.15, 0.2) is 0 Å². The molecule has 0 atom stereocenters. The first-order valence-corrected chi connectivity index (χ1v) is 10.9. The number of rotatable bonds is 9. The number of para-hydroxylation sites is 2. The molecule has 0 saturated heterocycles. The summed E-state index contributed by atoms with van der Waals surface area (Å²) in [4.78, 5) is 21.0. The lowest BCUT2D eigenvalue weighted by Crippen LogP contribution is -2.25. The third kappa shape index (κ3) is 5.32. The van der Waals surface area contributed by atoms with Crippen LogP contribution in [0.1, 0.15) is 33.7 Å². The second-order valence-electron chi connectivity index (χ2n) is 7.94. The van der Waals surface area contributed by atoms with Gasteiger partial charge in [-0.25, -0.2) is 4.98 Å². The van der Waals surface area contributed by atoms with E-state index in [-0.39, 0.29) is 5.91 Å². The molecule has 4 aromatic rings. The predicted octanol–water partition coefficient (Wildman–Crippen LogP) is 4.49. The van der Waals surface area contributed by atoms with Crippen molar-refractivity contribution < 1.29 is 9.53 Å². The summed E-state index contributed by atoms with van der Waals surface area (Å²) < 4.78 is 8.27. The molecule has 0 radical (unpaired) electrons. The fourth-order valence-electron chi connectivity index (χ4n) is 3.89. The van der Waals surface area contributed by atoms with E-state index in [0.29, 0.717) is 25.3 Å². The predicted molar refractivity (Wildman–Crippen MR) is 126 cm³/mol. The van der Waals surface area contributed by atoms with Crippen molar-refractivity contribution in [1.82, 2.24) is 19.9 Å². The molecule has 164 valence electrons. The molecular weight excluding hydrogens is 400 g/mol. The summed E-state index contributed by atoms with van der Waals surface area (Å²) >= 11 is 0. The molecule has 0 fully saturated rings. The van der Waals surface area contributed by atoms with Crippen molar-refractivity contribution in [3.05, 3.63) is 89.5 Å². The third-order valence-corrected chi connectivity index (χ3v) is 5.32.